The molecule has 0 spiro atoms. The summed E-state index contributed by atoms with van der Waals surface area (Å²) in [5.41, 5.74) is 0.206. The van der Waals surface area contributed by atoms with Gasteiger partial charge in [-0.05, 0) is 31.1 Å². The van der Waals surface area contributed by atoms with Crippen molar-refractivity contribution in [1.82, 2.24) is 4.72 Å². The normalized spacial score (nSPS) is 23.0. The molecule has 0 aliphatic heterocycles. The number of rotatable bonds is 6. The van der Waals surface area contributed by atoms with Crippen molar-refractivity contribution in [3.63, 3.8) is 0 Å². The van der Waals surface area contributed by atoms with E-state index in [9.17, 15) is 13.2 Å². The Balaban J connectivity index is 2.39. The Kier molecular flexibility index (Phi) is 5.80. The van der Waals surface area contributed by atoms with E-state index >= 15 is 0 Å². The zero-order valence-electron chi connectivity index (χ0n) is 12.1. The summed E-state index contributed by atoms with van der Waals surface area (Å²) in [5, 5.41) is 0. The van der Waals surface area contributed by atoms with Crippen LogP contribution in [0.4, 0.5) is 0 Å². The minimum atomic E-state index is -3.29. The third-order valence-electron chi connectivity index (χ3n) is 3.57. The van der Waals surface area contributed by atoms with Crippen molar-refractivity contribution < 1.29 is 17.9 Å². The summed E-state index contributed by atoms with van der Waals surface area (Å²) < 4.78 is 31.1. The van der Waals surface area contributed by atoms with Gasteiger partial charge in [0.05, 0.1) is 12.9 Å². The molecule has 0 aromatic heterocycles. The Bertz CT molecular complexity index is 403. The fourth-order valence-corrected chi connectivity index (χ4v) is 3.97. The largest absolute Gasteiger partial charge is 0.469 e. The van der Waals surface area contributed by atoms with Crippen molar-refractivity contribution in [2.45, 2.75) is 58.4 Å². The van der Waals surface area contributed by atoms with Crippen molar-refractivity contribution in [2.24, 2.45) is 5.41 Å². The topological polar surface area (TPSA) is 72.5 Å². The minimum Gasteiger partial charge on any atom is -0.469 e. The van der Waals surface area contributed by atoms with Crippen LogP contribution in [0.5, 0.6) is 0 Å². The molecule has 1 unspecified atom stereocenters. The molecule has 5 nitrogen and oxygen atoms in total. The molecule has 1 rings (SSSR count). The van der Waals surface area contributed by atoms with Crippen LogP contribution in [0.1, 0.15) is 52.4 Å². The maximum Gasteiger partial charge on any atom is 0.305 e. The number of nitrogens with one attached hydrogen (secondary N) is 1. The first-order chi connectivity index (χ1) is 8.74. The van der Waals surface area contributed by atoms with Crippen LogP contribution in [0.25, 0.3) is 0 Å². The van der Waals surface area contributed by atoms with Crippen LogP contribution in [-0.2, 0) is 19.6 Å². The summed E-state index contributed by atoms with van der Waals surface area (Å²) in [6.07, 6.45) is 4.44. The molecule has 112 valence electrons. The number of hydrogen-bond acceptors (Lipinski definition) is 4. The third kappa shape index (κ3) is 6.38. The van der Waals surface area contributed by atoms with E-state index < -0.39 is 10.0 Å². The predicted molar refractivity (Wildman–Crippen MR) is 74.2 cm³/mol. The molecule has 0 radical (unpaired) electrons. The van der Waals surface area contributed by atoms with Gasteiger partial charge in [-0.25, -0.2) is 13.1 Å². The van der Waals surface area contributed by atoms with Gasteiger partial charge in [0.1, 0.15) is 0 Å². The zero-order chi connectivity index (χ0) is 14.5. The number of hydrogen-bond donors (Lipinski definition) is 1. The summed E-state index contributed by atoms with van der Waals surface area (Å²) in [7, 11) is -1.99. The predicted octanol–water partition coefficient (Wildman–Crippen LogP) is 1.83. The Morgan fingerprint density at radius 1 is 1.42 bits per heavy atom. The summed E-state index contributed by atoms with van der Waals surface area (Å²) >= 11 is 0. The second kappa shape index (κ2) is 6.70. The first kappa shape index (κ1) is 16.4. The lowest BCUT2D eigenvalue weighted by Crippen LogP contribution is -2.41. The quantitative estimate of drug-likeness (QED) is 0.758. The van der Waals surface area contributed by atoms with Crippen molar-refractivity contribution in [2.75, 3.05) is 12.9 Å². The van der Waals surface area contributed by atoms with E-state index in [4.69, 9.17) is 0 Å². The molecule has 0 saturated heterocycles. The molecule has 1 aliphatic carbocycles. The van der Waals surface area contributed by atoms with E-state index in [1.165, 1.54) is 7.11 Å². The van der Waals surface area contributed by atoms with Gasteiger partial charge in [0.15, 0.2) is 0 Å². The molecule has 1 atom stereocenters. The van der Waals surface area contributed by atoms with Crippen molar-refractivity contribution in [3.8, 4) is 0 Å². The number of esters is 1. The van der Waals surface area contributed by atoms with E-state index in [1.54, 1.807) is 0 Å². The maximum absolute atomic E-state index is 11.9. The summed E-state index contributed by atoms with van der Waals surface area (Å²) in [6.45, 7) is 4.34. The van der Waals surface area contributed by atoms with E-state index in [-0.39, 0.29) is 29.6 Å². The fraction of sp³-hybridized carbons (Fsp3) is 0.923. The van der Waals surface area contributed by atoms with Gasteiger partial charge in [0.25, 0.3) is 0 Å². The second-order valence-corrected chi connectivity index (χ2v) is 7.95. The first-order valence-corrected chi connectivity index (χ1v) is 8.46. The second-order valence-electron chi connectivity index (χ2n) is 6.07. The molecular weight excluding hydrogens is 266 g/mol. The molecule has 1 saturated carbocycles. The molecule has 0 amide bonds. The Morgan fingerprint density at radius 2 is 2.11 bits per heavy atom. The van der Waals surface area contributed by atoms with Crippen LogP contribution in [-0.4, -0.2) is 33.3 Å². The molecule has 6 heteroatoms. The molecular formula is C13H25NO4S. The molecule has 19 heavy (non-hydrogen) atoms. The van der Waals surface area contributed by atoms with Crippen LogP contribution in [0.3, 0.4) is 0 Å². The van der Waals surface area contributed by atoms with E-state index in [1.807, 2.05) is 0 Å². The highest BCUT2D eigenvalue weighted by atomic mass is 32.2. The van der Waals surface area contributed by atoms with Gasteiger partial charge in [0, 0.05) is 12.5 Å². The van der Waals surface area contributed by atoms with Crippen molar-refractivity contribution >= 4 is 16.0 Å². The van der Waals surface area contributed by atoms with Crippen LogP contribution < -0.4 is 4.72 Å². The lowest BCUT2D eigenvalue weighted by atomic mass is 9.75. The standard InChI is InChI=1S/C13H25NO4S/c1-13(2)8-4-6-11(10-13)14-19(16,17)9-5-7-12(15)18-3/h11,14H,4-10H2,1-3H3. The fourth-order valence-electron chi connectivity index (χ4n) is 2.62. The SMILES string of the molecule is COC(=O)CCCS(=O)(=O)NC1CCCC(C)(C)C1. The van der Waals surface area contributed by atoms with Gasteiger partial charge >= 0.3 is 5.97 Å². The Labute approximate surface area is 116 Å². The molecule has 0 aromatic rings. The zero-order valence-corrected chi connectivity index (χ0v) is 12.9. The van der Waals surface area contributed by atoms with Gasteiger partial charge in [-0.2, -0.15) is 0 Å². The number of carbonyl (C=O) groups is 1. The Hall–Kier alpha value is -0.620. The monoisotopic (exact) mass is 291 g/mol. The number of sulfonamides is 1. The molecule has 0 heterocycles. The number of carbonyl (C=O) groups excluding carboxylic acids is 1. The van der Waals surface area contributed by atoms with Crippen LogP contribution >= 0.6 is 0 Å². The van der Waals surface area contributed by atoms with Crippen LogP contribution in [0.15, 0.2) is 0 Å². The highest BCUT2D eigenvalue weighted by Crippen LogP contribution is 2.35. The van der Waals surface area contributed by atoms with Gasteiger partial charge in [-0.3, -0.25) is 4.79 Å². The van der Waals surface area contributed by atoms with Crippen LogP contribution in [0, 0.1) is 5.41 Å². The first-order valence-electron chi connectivity index (χ1n) is 6.81. The Morgan fingerprint density at radius 3 is 2.68 bits per heavy atom. The number of methoxy groups -OCH3 is 1. The summed E-state index contributed by atoms with van der Waals surface area (Å²) in [6, 6.07) is 0.0341. The number of ether oxygens (including phenoxy) is 1. The molecule has 0 bridgehead atoms. The van der Waals surface area contributed by atoms with E-state index in [0.29, 0.717) is 6.42 Å². The smallest absolute Gasteiger partial charge is 0.305 e. The highest BCUT2D eigenvalue weighted by molar-refractivity contribution is 7.89. The maximum atomic E-state index is 11.9. The van der Waals surface area contributed by atoms with E-state index in [2.05, 4.69) is 23.3 Å². The minimum absolute atomic E-state index is 0.0149. The van der Waals surface area contributed by atoms with Gasteiger partial charge in [-0.1, -0.05) is 20.3 Å². The molecule has 1 N–H and O–H groups in total. The average Bonchev–Trinajstić information content (AvgIpc) is 2.26. The van der Waals surface area contributed by atoms with Crippen molar-refractivity contribution in [1.29, 1.82) is 0 Å². The van der Waals surface area contributed by atoms with Gasteiger partial charge in [-0.15, -0.1) is 0 Å². The van der Waals surface area contributed by atoms with Crippen molar-refractivity contribution in [3.05, 3.63) is 0 Å². The van der Waals surface area contributed by atoms with Crippen LogP contribution in [0.2, 0.25) is 0 Å². The summed E-state index contributed by atoms with van der Waals surface area (Å²) in [5.74, 6) is -0.382. The highest BCUT2D eigenvalue weighted by Gasteiger charge is 2.30. The molecule has 1 fully saturated rings. The van der Waals surface area contributed by atoms with E-state index in [0.717, 1.165) is 25.7 Å². The van der Waals surface area contributed by atoms with Gasteiger partial charge in [0.2, 0.25) is 10.0 Å². The lowest BCUT2D eigenvalue weighted by Gasteiger charge is -2.35. The average molecular weight is 291 g/mol. The third-order valence-corrected chi connectivity index (χ3v) is 5.09. The molecule has 1 aliphatic rings. The lowest BCUT2D eigenvalue weighted by molar-refractivity contribution is -0.140. The van der Waals surface area contributed by atoms with Gasteiger partial charge < -0.3 is 4.74 Å². The summed E-state index contributed by atoms with van der Waals surface area (Å²) in [4.78, 5) is 10.9. The molecule has 0 aromatic carbocycles.